The zero-order chi connectivity index (χ0) is 13.1. The zero-order valence-corrected chi connectivity index (χ0v) is 10.6. The van der Waals surface area contributed by atoms with E-state index in [4.69, 9.17) is 0 Å². The number of aliphatic hydroxyl groups excluding tert-OH is 1. The highest BCUT2D eigenvalue weighted by Crippen LogP contribution is 2.23. The first kappa shape index (κ1) is 13.4. The Balaban J connectivity index is 2.07. The van der Waals surface area contributed by atoms with Crippen molar-refractivity contribution in [1.82, 2.24) is 4.90 Å². The SMILES string of the molecule is CC1CCCCN1CC(O)c1cccc(F)c1F. The maximum atomic E-state index is 13.5. The second-order valence-electron chi connectivity index (χ2n) is 5.00. The van der Waals surface area contributed by atoms with Gasteiger partial charge in [0.05, 0.1) is 6.10 Å². The number of benzene rings is 1. The number of likely N-dealkylation sites (tertiary alicyclic amines) is 1. The van der Waals surface area contributed by atoms with Gasteiger partial charge in [-0.15, -0.1) is 0 Å². The highest BCUT2D eigenvalue weighted by Gasteiger charge is 2.23. The molecular weight excluding hydrogens is 236 g/mol. The molecule has 4 heteroatoms. The van der Waals surface area contributed by atoms with Gasteiger partial charge < -0.3 is 5.11 Å². The molecular formula is C14H19F2NO. The van der Waals surface area contributed by atoms with Gasteiger partial charge in [-0.25, -0.2) is 8.78 Å². The van der Waals surface area contributed by atoms with Gasteiger partial charge in [0.1, 0.15) is 0 Å². The van der Waals surface area contributed by atoms with Crippen molar-refractivity contribution in [2.24, 2.45) is 0 Å². The van der Waals surface area contributed by atoms with E-state index in [9.17, 15) is 13.9 Å². The number of piperidine rings is 1. The van der Waals surface area contributed by atoms with Crippen molar-refractivity contribution in [3.63, 3.8) is 0 Å². The molecule has 1 aromatic carbocycles. The van der Waals surface area contributed by atoms with Crippen LogP contribution < -0.4 is 0 Å². The molecule has 0 aromatic heterocycles. The van der Waals surface area contributed by atoms with Crippen LogP contribution in [0.2, 0.25) is 0 Å². The molecule has 1 aliphatic rings. The molecule has 0 saturated carbocycles. The number of hydrogen-bond donors (Lipinski definition) is 1. The van der Waals surface area contributed by atoms with Crippen LogP contribution in [-0.2, 0) is 0 Å². The molecule has 0 bridgehead atoms. The Hall–Kier alpha value is -1.00. The molecule has 18 heavy (non-hydrogen) atoms. The topological polar surface area (TPSA) is 23.5 Å². The van der Waals surface area contributed by atoms with E-state index in [2.05, 4.69) is 11.8 Å². The number of halogens is 2. The lowest BCUT2D eigenvalue weighted by Gasteiger charge is -2.34. The van der Waals surface area contributed by atoms with Crippen LogP contribution in [0.3, 0.4) is 0 Å². The molecule has 0 aliphatic carbocycles. The third-order valence-corrected chi connectivity index (χ3v) is 3.69. The van der Waals surface area contributed by atoms with E-state index < -0.39 is 17.7 Å². The fourth-order valence-corrected chi connectivity index (χ4v) is 2.53. The summed E-state index contributed by atoms with van der Waals surface area (Å²) >= 11 is 0. The van der Waals surface area contributed by atoms with Crippen molar-refractivity contribution in [2.75, 3.05) is 13.1 Å². The predicted molar refractivity (Wildman–Crippen MR) is 66.2 cm³/mol. The van der Waals surface area contributed by atoms with E-state index in [-0.39, 0.29) is 5.56 Å². The summed E-state index contributed by atoms with van der Waals surface area (Å²) in [4.78, 5) is 2.14. The van der Waals surface area contributed by atoms with Crippen molar-refractivity contribution >= 4 is 0 Å². The fourth-order valence-electron chi connectivity index (χ4n) is 2.53. The summed E-state index contributed by atoms with van der Waals surface area (Å²) in [5.74, 6) is -1.84. The summed E-state index contributed by atoms with van der Waals surface area (Å²) < 4.78 is 26.6. The standard InChI is InChI=1S/C14H19F2NO/c1-10-5-2-3-8-17(10)9-13(18)11-6-4-7-12(15)14(11)16/h4,6-7,10,13,18H,2-3,5,8-9H2,1H3. The minimum Gasteiger partial charge on any atom is -0.387 e. The van der Waals surface area contributed by atoms with Crippen LogP contribution in [0, 0.1) is 11.6 Å². The van der Waals surface area contributed by atoms with Gasteiger partial charge >= 0.3 is 0 Å². The minimum absolute atomic E-state index is 0.0489. The minimum atomic E-state index is -0.971. The van der Waals surface area contributed by atoms with Gasteiger partial charge in [0.15, 0.2) is 11.6 Å². The molecule has 1 N–H and O–H groups in total. The first-order chi connectivity index (χ1) is 8.59. The lowest BCUT2D eigenvalue weighted by atomic mass is 10.0. The molecule has 2 unspecified atom stereocenters. The van der Waals surface area contributed by atoms with Crippen LogP contribution in [-0.4, -0.2) is 29.1 Å². The van der Waals surface area contributed by atoms with Crippen LogP contribution in [0.5, 0.6) is 0 Å². The summed E-state index contributed by atoms with van der Waals surface area (Å²) in [6.45, 7) is 3.38. The van der Waals surface area contributed by atoms with E-state index in [1.165, 1.54) is 18.6 Å². The Morgan fingerprint density at radius 2 is 2.17 bits per heavy atom. The Morgan fingerprint density at radius 1 is 1.39 bits per heavy atom. The molecule has 1 aliphatic heterocycles. The molecule has 2 rings (SSSR count). The van der Waals surface area contributed by atoms with E-state index in [0.29, 0.717) is 12.6 Å². The Morgan fingerprint density at radius 3 is 2.89 bits per heavy atom. The first-order valence-electron chi connectivity index (χ1n) is 6.45. The normalized spacial score (nSPS) is 23.0. The number of hydrogen-bond acceptors (Lipinski definition) is 2. The molecule has 0 amide bonds. The van der Waals surface area contributed by atoms with Crippen LogP contribution in [0.25, 0.3) is 0 Å². The Kier molecular flexibility index (Phi) is 4.30. The summed E-state index contributed by atoms with van der Waals surface area (Å²) in [6.07, 6.45) is 2.42. The van der Waals surface area contributed by atoms with Gasteiger partial charge in [-0.3, -0.25) is 4.90 Å². The second-order valence-corrected chi connectivity index (χ2v) is 5.00. The average molecular weight is 255 g/mol. The molecule has 1 fully saturated rings. The second kappa shape index (κ2) is 5.76. The highest BCUT2D eigenvalue weighted by atomic mass is 19.2. The first-order valence-corrected chi connectivity index (χ1v) is 6.45. The third-order valence-electron chi connectivity index (χ3n) is 3.69. The van der Waals surface area contributed by atoms with Gasteiger partial charge in [0.2, 0.25) is 0 Å². The van der Waals surface area contributed by atoms with E-state index in [1.807, 2.05) is 0 Å². The lowest BCUT2D eigenvalue weighted by molar-refractivity contribution is 0.0709. The van der Waals surface area contributed by atoms with E-state index in [1.54, 1.807) is 0 Å². The summed E-state index contributed by atoms with van der Waals surface area (Å²) in [6, 6.07) is 4.33. The van der Waals surface area contributed by atoms with Crippen molar-refractivity contribution in [2.45, 2.75) is 38.3 Å². The van der Waals surface area contributed by atoms with Gasteiger partial charge in [0.25, 0.3) is 0 Å². The number of β-amino-alcohol motifs (C(OH)–C–C–N with tert-alkyl or cyclic N) is 1. The van der Waals surface area contributed by atoms with Gasteiger partial charge in [-0.05, 0) is 32.4 Å². The monoisotopic (exact) mass is 255 g/mol. The molecule has 100 valence electrons. The van der Waals surface area contributed by atoms with Gasteiger partial charge in [0, 0.05) is 18.2 Å². The van der Waals surface area contributed by atoms with Crippen LogP contribution in [0.15, 0.2) is 18.2 Å². The van der Waals surface area contributed by atoms with Gasteiger partial charge in [-0.1, -0.05) is 18.6 Å². The van der Waals surface area contributed by atoms with E-state index >= 15 is 0 Å². The summed E-state index contributed by atoms with van der Waals surface area (Å²) in [7, 11) is 0. The number of aliphatic hydroxyl groups is 1. The maximum absolute atomic E-state index is 13.5. The average Bonchev–Trinajstić information content (AvgIpc) is 2.35. The van der Waals surface area contributed by atoms with Gasteiger partial charge in [-0.2, -0.15) is 0 Å². The number of rotatable bonds is 3. The number of nitrogens with zero attached hydrogens (tertiary/aromatic N) is 1. The van der Waals surface area contributed by atoms with Crippen molar-refractivity contribution in [1.29, 1.82) is 0 Å². The highest BCUT2D eigenvalue weighted by molar-refractivity contribution is 5.21. The van der Waals surface area contributed by atoms with E-state index in [0.717, 1.165) is 25.5 Å². The quantitative estimate of drug-likeness (QED) is 0.897. The Labute approximate surface area is 106 Å². The van der Waals surface area contributed by atoms with Crippen LogP contribution >= 0.6 is 0 Å². The Bertz CT molecular complexity index is 411. The van der Waals surface area contributed by atoms with Crippen molar-refractivity contribution in [3.8, 4) is 0 Å². The van der Waals surface area contributed by atoms with Crippen molar-refractivity contribution in [3.05, 3.63) is 35.4 Å². The molecule has 1 saturated heterocycles. The van der Waals surface area contributed by atoms with Crippen LogP contribution in [0.4, 0.5) is 8.78 Å². The molecule has 2 nitrogen and oxygen atoms in total. The van der Waals surface area contributed by atoms with Crippen molar-refractivity contribution < 1.29 is 13.9 Å². The smallest absolute Gasteiger partial charge is 0.164 e. The summed E-state index contributed by atoms with van der Waals surface area (Å²) in [5.41, 5.74) is 0.0489. The third kappa shape index (κ3) is 2.87. The zero-order valence-electron chi connectivity index (χ0n) is 10.6. The lowest BCUT2D eigenvalue weighted by Crippen LogP contribution is -2.40. The maximum Gasteiger partial charge on any atom is 0.164 e. The molecule has 2 atom stereocenters. The van der Waals surface area contributed by atoms with Crippen LogP contribution in [0.1, 0.15) is 37.9 Å². The molecule has 1 aromatic rings. The molecule has 0 radical (unpaired) electrons. The fraction of sp³-hybridized carbons (Fsp3) is 0.571. The summed E-state index contributed by atoms with van der Waals surface area (Å²) in [5, 5.41) is 10.0. The predicted octanol–water partition coefficient (Wildman–Crippen LogP) is 2.87. The largest absolute Gasteiger partial charge is 0.387 e. The molecule has 0 spiro atoms. The molecule has 1 heterocycles.